The molecule has 0 bridgehead atoms. The SMILES string of the molecule is Cn1cc([C@@H]2C[C@H]2C(=O)OCCc2ccccc2)cn1. The Morgan fingerprint density at radius 2 is 2.20 bits per heavy atom. The number of rotatable bonds is 5. The van der Waals surface area contributed by atoms with Crippen LogP contribution in [0.2, 0.25) is 0 Å². The number of ether oxygens (including phenoxy) is 1. The molecule has 4 heteroatoms. The minimum absolute atomic E-state index is 0.0231. The zero-order valence-corrected chi connectivity index (χ0v) is 11.5. The van der Waals surface area contributed by atoms with Crippen molar-refractivity contribution in [2.75, 3.05) is 6.61 Å². The maximum Gasteiger partial charge on any atom is 0.309 e. The largest absolute Gasteiger partial charge is 0.465 e. The lowest BCUT2D eigenvalue weighted by molar-refractivity contribution is -0.145. The Bertz CT molecular complexity index is 592. The molecule has 2 atom stereocenters. The molecule has 4 nitrogen and oxygen atoms in total. The second kappa shape index (κ2) is 5.49. The van der Waals surface area contributed by atoms with Gasteiger partial charge in [0.05, 0.1) is 18.7 Å². The first-order valence-corrected chi connectivity index (χ1v) is 6.93. The number of esters is 1. The molecule has 0 spiro atoms. The highest BCUT2D eigenvalue weighted by atomic mass is 16.5. The molecule has 1 aliphatic rings. The van der Waals surface area contributed by atoms with E-state index in [1.165, 1.54) is 5.56 Å². The van der Waals surface area contributed by atoms with Crippen LogP contribution in [0.3, 0.4) is 0 Å². The highest BCUT2D eigenvalue weighted by Gasteiger charge is 2.45. The summed E-state index contributed by atoms with van der Waals surface area (Å²) >= 11 is 0. The van der Waals surface area contributed by atoms with Crippen LogP contribution in [0, 0.1) is 5.92 Å². The van der Waals surface area contributed by atoms with E-state index < -0.39 is 0 Å². The smallest absolute Gasteiger partial charge is 0.309 e. The van der Waals surface area contributed by atoms with Gasteiger partial charge in [-0.25, -0.2) is 0 Å². The zero-order valence-electron chi connectivity index (χ0n) is 11.5. The van der Waals surface area contributed by atoms with Crippen molar-refractivity contribution in [2.45, 2.75) is 18.8 Å². The Hall–Kier alpha value is -2.10. The highest BCUT2D eigenvalue weighted by molar-refractivity contribution is 5.77. The van der Waals surface area contributed by atoms with Crippen molar-refractivity contribution < 1.29 is 9.53 Å². The molecule has 0 aliphatic heterocycles. The molecule has 1 aromatic heterocycles. The minimum atomic E-state index is -0.0743. The van der Waals surface area contributed by atoms with Crippen LogP contribution in [0.25, 0.3) is 0 Å². The van der Waals surface area contributed by atoms with Gasteiger partial charge < -0.3 is 4.74 Å². The zero-order chi connectivity index (χ0) is 13.9. The summed E-state index contributed by atoms with van der Waals surface area (Å²) in [5.41, 5.74) is 2.33. The molecule has 20 heavy (non-hydrogen) atoms. The molecule has 1 aromatic carbocycles. The van der Waals surface area contributed by atoms with Crippen LogP contribution in [0.4, 0.5) is 0 Å². The van der Waals surface area contributed by atoms with E-state index in [1.807, 2.05) is 49.8 Å². The lowest BCUT2D eigenvalue weighted by atomic mass is 10.2. The normalized spacial score (nSPS) is 20.6. The predicted octanol–water partition coefficient (Wildman–Crippen LogP) is 2.31. The monoisotopic (exact) mass is 270 g/mol. The first-order valence-electron chi connectivity index (χ1n) is 6.93. The van der Waals surface area contributed by atoms with Crippen molar-refractivity contribution in [1.82, 2.24) is 9.78 Å². The lowest BCUT2D eigenvalue weighted by Gasteiger charge is -2.04. The molecular weight excluding hydrogens is 252 g/mol. The van der Waals surface area contributed by atoms with Gasteiger partial charge in [-0.1, -0.05) is 30.3 Å². The molecular formula is C16H18N2O2. The van der Waals surface area contributed by atoms with E-state index in [4.69, 9.17) is 4.74 Å². The Morgan fingerprint density at radius 1 is 1.40 bits per heavy atom. The Morgan fingerprint density at radius 3 is 2.90 bits per heavy atom. The molecule has 0 N–H and O–H groups in total. The van der Waals surface area contributed by atoms with Gasteiger partial charge in [0.25, 0.3) is 0 Å². The predicted molar refractivity (Wildman–Crippen MR) is 75.2 cm³/mol. The van der Waals surface area contributed by atoms with E-state index in [9.17, 15) is 4.79 Å². The molecule has 104 valence electrons. The fourth-order valence-corrected chi connectivity index (χ4v) is 2.48. The summed E-state index contributed by atoms with van der Waals surface area (Å²) in [5, 5.41) is 4.14. The van der Waals surface area contributed by atoms with Crippen LogP contribution in [0.5, 0.6) is 0 Å². The molecule has 1 aliphatic carbocycles. The van der Waals surface area contributed by atoms with Crippen LogP contribution in [-0.2, 0) is 23.0 Å². The molecule has 0 unspecified atom stereocenters. The van der Waals surface area contributed by atoms with Gasteiger partial charge in [0.1, 0.15) is 0 Å². The van der Waals surface area contributed by atoms with Crippen molar-refractivity contribution in [3.8, 4) is 0 Å². The van der Waals surface area contributed by atoms with E-state index in [1.54, 1.807) is 4.68 Å². The summed E-state index contributed by atoms with van der Waals surface area (Å²) < 4.78 is 7.13. The Balaban J connectivity index is 1.45. The van der Waals surface area contributed by atoms with Crippen molar-refractivity contribution in [1.29, 1.82) is 0 Å². The average molecular weight is 270 g/mol. The summed E-state index contributed by atoms with van der Waals surface area (Å²) in [4.78, 5) is 11.9. The quantitative estimate of drug-likeness (QED) is 0.783. The summed E-state index contributed by atoms with van der Waals surface area (Å²) in [6, 6.07) is 10.1. The van der Waals surface area contributed by atoms with Crippen LogP contribution in [-0.4, -0.2) is 22.4 Å². The van der Waals surface area contributed by atoms with E-state index in [0.29, 0.717) is 12.5 Å². The first-order chi connectivity index (χ1) is 9.74. The molecule has 3 rings (SSSR count). The third kappa shape index (κ3) is 2.90. The summed E-state index contributed by atoms with van der Waals surface area (Å²) in [7, 11) is 1.89. The number of aromatic nitrogens is 2. The van der Waals surface area contributed by atoms with Gasteiger partial charge in [0.2, 0.25) is 0 Å². The third-order valence-corrected chi connectivity index (χ3v) is 3.72. The fourth-order valence-electron chi connectivity index (χ4n) is 2.48. The number of hydrogen-bond acceptors (Lipinski definition) is 3. The van der Waals surface area contributed by atoms with Crippen molar-refractivity contribution in [3.05, 3.63) is 53.9 Å². The van der Waals surface area contributed by atoms with Crippen LogP contribution < -0.4 is 0 Å². The topological polar surface area (TPSA) is 44.1 Å². The van der Waals surface area contributed by atoms with E-state index >= 15 is 0 Å². The molecule has 0 saturated heterocycles. The van der Waals surface area contributed by atoms with Gasteiger partial charge in [-0.15, -0.1) is 0 Å². The molecule has 1 fully saturated rings. The average Bonchev–Trinajstić information content (AvgIpc) is 3.15. The van der Waals surface area contributed by atoms with Crippen molar-refractivity contribution >= 4 is 5.97 Å². The van der Waals surface area contributed by atoms with Gasteiger partial charge in [0.15, 0.2) is 0 Å². The van der Waals surface area contributed by atoms with Gasteiger partial charge >= 0.3 is 5.97 Å². The number of carbonyl (C=O) groups is 1. The maximum atomic E-state index is 11.9. The molecule has 1 saturated carbocycles. The Kier molecular flexibility index (Phi) is 3.54. The fraction of sp³-hybridized carbons (Fsp3) is 0.375. The van der Waals surface area contributed by atoms with Crippen molar-refractivity contribution in [2.24, 2.45) is 13.0 Å². The van der Waals surface area contributed by atoms with Crippen LogP contribution in [0.15, 0.2) is 42.7 Å². The summed E-state index contributed by atoms with van der Waals surface area (Å²) in [5.74, 6) is 0.248. The van der Waals surface area contributed by atoms with Crippen LogP contribution in [0.1, 0.15) is 23.5 Å². The third-order valence-electron chi connectivity index (χ3n) is 3.72. The maximum absolute atomic E-state index is 11.9. The van der Waals surface area contributed by atoms with Crippen molar-refractivity contribution in [3.63, 3.8) is 0 Å². The first kappa shape index (κ1) is 12.9. The number of nitrogens with zero attached hydrogens (tertiary/aromatic N) is 2. The number of aryl methyl sites for hydroxylation is 1. The Labute approximate surface area is 118 Å². The highest BCUT2D eigenvalue weighted by Crippen LogP contribution is 2.47. The second-order valence-corrected chi connectivity index (χ2v) is 5.30. The second-order valence-electron chi connectivity index (χ2n) is 5.30. The van der Waals surface area contributed by atoms with E-state index in [0.717, 1.165) is 18.4 Å². The summed E-state index contributed by atoms with van der Waals surface area (Å²) in [6.45, 7) is 0.457. The van der Waals surface area contributed by atoms with Crippen LogP contribution >= 0.6 is 0 Å². The minimum Gasteiger partial charge on any atom is -0.465 e. The van der Waals surface area contributed by atoms with Gasteiger partial charge in [-0.3, -0.25) is 9.48 Å². The standard InChI is InChI=1S/C16H18N2O2/c1-18-11-13(10-17-18)14-9-15(14)16(19)20-8-7-12-5-3-2-4-6-12/h2-6,10-11,14-15H,7-9H2,1H3/t14-,15+/m0/s1. The number of benzene rings is 1. The number of carbonyl (C=O) groups excluding carboxylic acids is 1. The lowest BCUT2D eigenvalue weighted by Crippen LogP contribution is -2.10. The number of hydrogen-bond donors (Lipinski definition) is 0. The molecule has 0 amide bonds. The van der Waals surface area contributed by atoms with E-state index in [2.05, 4.69) is 5.10 Å². The van der Waals surface area contributed by atoms with Gasteiger partial charge in [-0.05, 0) is 17.5 Å². The molecule has 1 heterocycles. The van der Waals surface area contributed by atoms with Gasteiger partial charge in [0, 0.05) is 25.6 Å². The summed E-state index contributed by atoms with van der Waals surface area (Å²) in [6.07, 6.45) is 5.47. The van der Waals surface area contributed by atoms with Gasteiger partial charge in [-0.2, -0.15) is 5.10 Å². The molecule has 2 aromatic rings. The van der Waals surface area contributed by atoms with E-state index in [-0.39, 0.29) is 11.9 Å². The molecule has 0 radical (unpaired) electrons.